The van der Waals surface area contributed by atoms with Gasteiger partial charge < -0.3 is 10.0 Å². The molecule has 0 spiro atoms. The molecule has 2 saturated heterocycles. The van der Waals surface area contributed by atoms with Crippen molar-refractivity contribution in [3.8, 4) is 0 Å². The van der Waals surface area contributed by atoms with Gasteiger partial charge in [-0.25, -0.2) is 14.8 Å². The normalized spacial score (nSPS) is 25.8. The summed E-state index contributed by atoms with van der Waals surface area (Å²) in [6.07, 6.45) is 0.936. The van der Waals surface area contributed by atoms with Crippen LogP contribution in [0.2, 0.25) is 10.4 Å². The fourth-order valence-corrected chi connectivity index (χ4v) is 3.34. The molecule has 1 aromatic rings. The fraction of sp³-hybridized carbons (Fsp3) is 0.545. The topological polar surface area (TPSA) is 69.6 Å². The van der Waals surface area contributed by atoms with Gasteiger partial charge in [0.05, 0.1) is 12.1 Å². The highest BCUT2D eigenvalue weighted by molar-refractivity contribution is 6.32. The van der Waals surface area contributed by atoms with Gasteiger partial charge in [-0.05, 0) is 24.4 Å². The van der Waals surface area contributed by atoms with Gasteiger partial charge in [0.15, 0.2) is 0 Å². The minimum Gasteiger partial charge on any atom is -0.465 e. The van der Waals surface area contributed by atoms with Crippen LogP contribution in [0.3, 0.4) is 0 Å². The Labute approximate surface area is 119 Å². The van der Waals surface area contributed by atoms with Crippen LogP contribution in [0.1, 0.15) is 12.8 Å². The maximum atomic E-state index is 11.2. The van der Waals surface area contributed by atoms with E-state index in [1.54, 1.807) is 11.0 Å². The summed E-state index contributed by atoms with van der Waals surface area (Å²) in [6.45, 7) is 1.24. The van der Waals surface area contributed by atoms with Gasteiger partial charge in [0.25, 0.3) is 0 Å². The molecule has 8 heteroatoms. The Morgan fingerprint density at radius 2 is 1.89 bits per heavy atom. The minimum atomic E-state index is -0.842. The van der Waals surface area contributed by atoms with Gasteiger partial charge in [0.1, 0.15) is 11.0 Å². The number of nitrogens with zero attached hydrogens (tertiary/aromatic N) is 4. The predicted octanol–water partition coefficient (Wildman–Crippen LogP) is 2.11. The summed E-state index contributed by atoms with van der Waals surface area (Å²) in [5, 5.41) is 9.61. The Hall–Kier alpha value is -1.27. The maximum absolute atomic E-state index is 11.2. The minimum absolute atomic E-state index is 0.0174. The Kier molecular flexibility index (Phi) is 3.14. The standard InChI is InChI=1S/C11H12Cl2N4O2/c12-8-3-9(15-10(13)14-8)16-4-6-1-2-7(5-16)17(6)11(18)19/h3,6-7H,1-2,4-5H2,(H,18,19). The third kappa shape index (κ3) is 2.30. The van der Waals surface area contributed by atoms with E-state index in [1.807, 2.05) is 4.90 Å². The first-order valence-corrected chi connectivity index (χ1v) is 6.76. The lowest BCUT2D eigenvalue weighted by atomic mass is 10.2. The molecular formula is C11H12Cl2N4O2. The number of amides is 1. The van der Waals surface area contributed by atoms with E-state index in [2.05, 4.69) is 9.97 Å². The van der Waals surface area contributed by atoms with E-state index >= 15 is 0 Å². The number of hydrogen-bond acceptors (Lipinski definition) is 4. The van der Waals surface area contributed by atoms with Gasteiger partial charge in [0.2, 0.25) is 5.28 Å². The molecule has 19 heavy (non-hydrogen) atoms. The lowest BCUT2D eigenvalue weighted by Crippen LogP contribution is -2.55. The molecule has 2 unspecified atom stereocenters. The molecule has 0 radical (unpaired) electrons. The number of fused-ring (bicyclic) bond motifs is 2. The number of halogens is 2. The van der Waals surface area contributed by atoms with Crippen LogP contribution in [0.25, 0.3) is 0 Å². The molecule has 2 aliphatic rings. The van der Waals surface area contributed by atoms with Gasteiger partial charge >= 0.3 is 6.09 Å². The van der Waals surface area contributed by atoms with Crippen molar-refractivity contribution in [2.75, 3.05) is 18.0 Å². The molecule has 0 aromatic carbocycles. The zero-order chi connectivity index (χ0) is 13.6. The smallest absolute Gasteiger partial charge is 0.407 e. The van der Waals surface area contributed by atoms with Crippen LogP contribution >= 0.6 is 23.2 Å². The highest BCUT2D eigenvalue weighted by Crippen LogP contribution is 2.32. The first-order chi connectivity index (χ1) is 9.04. The number of hydrogen-bond donors (Lipinski definition) is 1. The van der Waals surface area contributed by atoms with Crippen molar-refractivity contribution in [1.82, 2.24) is 14.9 Å². The molecule has 6 nitrogen and oxygen atoms in total. The van der Waals surface area contributed by atoms with E-state index in [0.717, 1.165) is 12.8 Å². The Morgan fingerprint density at radius 3 is 2.42 bits per heavy atom. The zero-order valence-electron chi connectivity index (χ0n) is 9.96. The molecule has 3 heterocycles. The van der Waals surface area contributed by atoms with Gasteiger partial charge in [0, 0.05) is 19.2 Å². The van der Waals surface area contributed by atoms with Crippen molar-refractivity contribution in [3.05, 3.63) is 16.5 Å². The van der Waals surface area contributed by atoms with Crippen molar-refractivity contribution in [2.45, 2.75) is 24.9 Å². The summed E-state index contributed by atoms with van der Waals surface area (Å²) < 4.78 is 0. The third-order valence-corrected chi connectivity index (χ3v) is 4.04. The molecule has 3 rings (SSSR count). The van der Waals surface area contributed by atoms with E-state index in [9.17, 15) is 9.90 Å². The second kappa shape index (κ2) is 4.68. The van der Waals surface area contributed by atoms with Crippen molar-refractivity contribution in [2.24, 2.45) is 0 Å². The lowest BCUT2D eigenvalue weighted by Gasteiger charge is -2.40. The van der Waals surface area contributed by atoms with Crippen LogP contribution in [-0.4, -0.2) is 51.2 Å². The highest BCUT2D eigenvalue weighted by Gasteiger charge is 2.43. The molecule has 1 amide bonds. The Balaban J connectivity index is 1.84. The van der Waals surface area contributed by atoms with Gasteiger partial charge in [-0.3, -0.25) is 4.90 Å². The molecule has 2 aliphatic heterocycles. The number of aromatic nitrogens is 2. The van der Waals surface area contributed by atoms with Crippen molar-refractivity contribution in [3.63, 3.8) is 0 Å². The van der Waals surface area contributed by atoms with Crippen LogP contribution in [0.5, 0.6) is 0 Å². The molecule has 2 atom stereocenters. The lowest BCUT2D eigenvalue weighted by molar-refractivity contribution is 0.114. The zero-order valence-corrected chi connectivity index (χ0v) is 11.5. The van der Waals surface area contributed by atoms with E-state index in [1.165, 1.54) is 0 Å². The van der Waals surface area contributed by atoms with Gasteiger partial charge in [-0.1, -0.05) is 11.6 Å². The van der Waals surface area contributed by atoms with E-state index in [-0.39, 0.29) is 17.4 Å². The Bertz CT molecular complexity index is 493. The number of carboxylic acid groups (broad SMARTS) is 1. The molecule has 2 fully saturated rings. The highest BCUT2D eigenvalue weighted by atomic mass is 35.5. The molecule has 0 aliphatic carbocycles. The van der Waals surface area contributed by atoms with Gasteiger partial charge in [-0.2, -0.15) is 0 Å². The van der Waals surface area contributed by atoms with Crippen molar-refractivity contribution < 1.29 is 9.90 Å². The molecular weight excluding hydrogens is 291 g/mol. The predicted molar refractivity (Wildman–Crippen MR) is 70.9 cm³/mol. The van der Waals surface area contributed by atoms with E-state index in [4.69, 9.17) is 23.2 Å². The molecule has 2 bridgehead atoms. The molecule has 1 aromatic heterocycles. The summed E-state index contributed by atoms with van der Waals surface area (Å²) in [6, 6.07) is 1.69. The number of anilines is 1. The van der Waals surface area contributed by atoms with E-state index < -0.39 is 6.09 Å². The maximum Gasteiger partial charge on any atom is 0.407 e. The SMILES string of the molecule is O=C(O)N1C2CCC1CN(c1cc(Cl)nc(Cl)n1)C2. The van der Waals surface area contributed by atoms with Crippen LogP contribution in [-0.2, 0) is 0 Å². The third-order valence-electron chi connectivity index (χ3n) is 3.68. The average molecular weight is 303 g/mol. The average Bonchev–Trinajstić information content (AvgIpc) is 2.59. The first kappa shape index (κ1) is 12.7. The number of carbonyl (C=O) groups is 1. The molecule has 0 saturated carbocycles. The van der Waals surface area contributed by atoms with E-state index in [0.29, 0.717) is 24.1 Å². The fourth-order valence-electron chi connectivity index (χ4n) is 2.94. The van der Waals surface area contributed by atoms with Crippen molar-refractivity contribution in [1.29, 1.82) is 0 Å². The van der Waals surface area contributed by atoms with Crippen molar-refractivity contribution >= 4 is 35.1 Å². The van der Waals surface area contributed by atoms with Crippen LogP contribution in [0.15, 0.2) is 6.07 Å². The molecule has 102 valence electrons. The summed E-state index contributed by atoms with van der Waals surface area (Å²) in [5.41, 5.74) is 0. The summed E-state index contributed by atoms with van der Waals surface area (Å²) in [4.78, 5) is 22.8. The number of piperazine rings is 1. The first-order valence-electron chi connectivity index (χ1n) is 6.01. The Morgan fingerprint density at radius 1 is 1.26 bits per heavy atom. The second-order valence-electron chi connectivity index (χ2n) is 4.80. The quantitative estimate of drug-likeness (QED) is 0.635. The largest absolute Gasteiger partial charge is 0.465 e. The van der Waals surface area contributed by atoms with Crippen LogP contribution < -0.4 is 4.90 Å². The second-order valence-corrected chi connectivity index (χ2v) is 5.52. The van der Waals surface area contributed by atoms with Gasteiger partial charge in [-0.15, -0.1) is 0 Å². The summed E-state index contributed by atoms with van der Waals surface area (Å²) >= 11 is 11.7. The summed E-state index contributed by atoms with van der Waals surface area (Å²) in [5.74, 6) is 0.659. The number of rotatable bonds is 1. The monoisotopic (exact) mass is 302 g/mol. The van der Waals surface area contributed by atoms with Crippen LogP contribution in [0, 0.1) is 0 Å². The van der Waals surface area contributed by atoms with Crippen LogP contribution in [0.4, 0.5) is 10.6 Å². The molecule has 1 N–H and O–H groups in total. The summed E-state index contributed by atoms with van der Waals surface area (Å²) in [7, 11) is 0.